The number of rotatable bonds is 6. The quantitative estimate of drug-likeness (QED) is 0.677. The van der Waals surface area contributed by atoms with Crippen molar-refractivity contribution in [3.05, 3.63) is 54.1 Å². The summed E-state index contributed by atoms with van der Waals surface area (Å²) in [7, 11) is -3.53. The van der Waals surface area contributed by atoms with Crippen molar-refractivity contribution in [1.29, 1.82) is 0 Å². The smallest absolute Gasteiger partial charge is 0.243 e. The number of piperidine rings is 1. The fraction of sp³-hybridized carbons (Fsp3) is 0.500. The molecule has 2 saturated heterocycles. The van der Waals surface area contributed by atoms with E-state index in [1.54, 1.807) is 16.4 Å². The molecule has 2 aromatic carbocycles. The molecule has 0 spiro atoms. The third-order valence-corrected chi connectivity index (χ3v) is 8.84. The maximum absolute atomic E-state index is 13.1. The van der Waals surface area contributed by atoms with E-state index in [4.69, 9.17) is 0 Å². The van der Waals surface area contributed by atoms with Gasteiger partial charge in [-0.05, 0) is 75.9 Å². The Morgan fingerprint density at radius 2 is 1.50 bits per heavy atom. The molecule has 184 valence electrons. The second-order valence-corrected chi connectivity index (χ2v) is 11.3. The van der Waals surface area contributed by atoms with Crippen LogP contribution in [0, 0.1) is 6.92 Å². The van der Waals surface area contributed by atoms with Gasteiger partial charge in [0.05, 0.1) is 10.9 Å². The number of carbonyl (C=O) groups excluding carboxylic acids is 1. The fourth-order valence-electron chi connectivity index (χ4n) is 4.72. The van der Waals surface area contributed by atoms with Crippen LogP contribution in [0.15, 0.2) is 53.4 Å². The van der Waals surface area contributed by atoms with Crippen LogP contribution in [0.2, 0.25) is 0 Å². The van der Waals surface area contributed by atoms with E-state index in [0.717, 1.165) is 24.3 Å². The number of nitrogens with one attached hydrogen (secondary N) is 1. The van der Waals surface area contributed by atoms with E-state index >= 15 is 0 Å². The number of benzene rings is 2. The summed E-state index contributed by atoms with van der Waals surface area (Å²) < 4.78 is 27.7. The van der Waals surface area contributed by atoms with E-state index in [1.165, 1.54) is 24.9 Å². The van der Waals surface area contributed by atoms with Gasteiger partial charge in [0.1, 0.15) is 0 Å². The van der Waals surface area contributed by atoms with E-state index in [1.807, 2.05) is 38.1 Å². The van der Waals surface area contributed by atoms with Gasteiger partial charge >= 0.3 is 0 Å². The van der Waals surface area contributed by atoms with Gasteiger partial charge in [-0.15, -0.1) is 0 Å². The summed E-state index contributed by atoms with van der Waals surface area (Å²) >= 11 is 0. The van der Waals surface area contributed by atoms with Crippen LogP contribution in [-0.4, -0.2) is 68.8 Å². The summed E-state index contributed by atoms with van der Waals surface area (Å²) in [6, 6.07) is 14.7. The molecule has 0 unspecified atom stereocenters. The molecular weight excluding hydrogens is 448 g/mol. The molecule has 2 heterocycles. The zero-order chi connectivity index (χ0) is 24.1. The van der Waals surface area contributed by atoms with Crippen LogP contribution in [-0.2, 0) is 14.8 Å². The topological polar surface area (TPSA) is 73.0 Å². The van der Waals surface area contributed by atoms with E-state index in [-0.39, 0.29) is 11.9 Å². The van der Waals surface area contributed by atoms with Crippen molar-refractivity contribution >= 4 is 27.3 Å². The standard InChI is InChI=1S/C26H36N4O3S/c1-21-7-13-25(14-8-21)34(32,33)30-18-6-17-28(19-20-30)22(2)26(31)27-23-9-11-24(12-10-23)29-15-4-3-5-16-29/h7-14,22H,3-6,15-20H2,1-2H3,(H,27,31)/t22-/m0/s1. The van der Waals surface area contributed by atoms with Crippen LogP contribution in [0.5, 0.6) is 0 Å². The molecule has 1 N–H and O–H groups in total. The molecule has 2 aromatic rings. The lowest BCUT2D eigenvalue weighted by Gasteiger charge is -2.29. The molecule has 0 aromatic heterocycles. The van der Waals surface area contributed by atoms with Crippen molar-refractivity contribution in [3.63, 3.8) is 0 Å². The van der Waals surface area contributed by atoms with Gasteiger partial charge in [0.15, 0.2) is 0 Å². The van der Waals surface area contributed by atoms with Crippen molar-refractivity contribution in [2.75, 3.05) is 49.5 Å². The summed E-state index contributed by atoms with van der Waals surface area (Å²) in [5.41, 5.74) is 3.02. The first-order valence-electron chi connectivity index (χ1n) is 12.3. The lowest BCUT2D eigenvalue weighted by atomic mass is 10.1. The summed E-state index contributed by atoms with van der Waals surface area (Å²) in [5.74, 6) is -0.0689. The van der Waals surface area contributed by atoms with Gasteiger partial charge in [-0.25, -0.2) is 8.42 Å². The minimum atomic E-state index is -3.53. The highest BCUT2D eigenvalue weighted by Gasteiger charge is 2.30. The van der Waals surface area contributed by atoms with Gasteiger partial charge in [-0.2, -0.15) is 4.31 Å². The molecule has 1 amide bonds. The first kappa shape index (κ1) is 24.7. The molecule has 2 aliphatic heterocycles. The third-order valence-electron chi connectivity index (χ3n) is 6.93. The molecule has 4 rings (SSSR count). The Kier molecular flexibility index (Phi) is 7.91. The molecule has 0 bridgehead atoms. The fourth-order valence-corrected chi connectivity index (χ4v) is 6.19. The number of nitrogens with zero attached hydrogens (tertiary/aromatic N) is 3. The number of hydrogen-bond acceptors (Lipinski definition) is 5. The van der Waals surface area contributed by atoms with E-state index in [2.05, 4.69) is 27.2 Å². The zero-order valence-electron chi connectivity index (χ0n) is 20.2. The predicted molar refractivity (Wildman–Crippen MR) is 137 cm³/mol. The van der Waals surface area contributed by atoms with Crippen molar-refractivity contribution < 1.29 is 13.2 Å². The van der Waals surface area contributed by atoms with Gasteiger partial charge in [0.2, 0.25) is 15.9 Å². The van der Waals surface area contributed by atoms with E-state index in [0.29, 0.717) is 37.5 Å². The number of aryl methyl sites for hydroxylation is 1. The van der Waals surface area contributed by atoms with Gasteiger partial charge in [0, 0.05) is 50.6 Å². The number of anilines is 2. The first-order chi connectivity index (χ1) is 16.3. The highest BCUT2D eigenvalue weighted by molar-refractivity contribution is 7.89. The van der Waals surface area contributed by atoms with Crippen molar-refractivity contribution in [3.8, 4) is 0 Å². The van der Waals surface area contributed by atoms with Crippen molar-refractivity contribution in [2.45, 2.75) is 50.5 Å². The average molecular weight is 485 g/mol. The Hall–Kier alpha value is -2.42. The lowest BCUT2D eigenvalue weighted by molar-refractivity contribution is -0.120. The number of amides is 1. The average Bonchev–Trinajstić information content (AvgIpc) is 3.12. The molecule has 8 heteroatoms. The molecule has 2 fully saturated rings. The lowest BCUT2D eigenvalue weighted by Crippen LogP contribution is -2.44. The Balaban J connectivity index is 1.33. The summed E-state index contributed by atoms with van der Waals surface area (Å²) in [6.45, 7) is 8.05. The SMILES string of the molecule is Cc1ccc(S(=O)(=O)N2CCCN([C@@H](C)C(=O)Nc3ccc(N4CCCCC4)cc3)CC2)cc1. The Morgan fingerprint density at radius 1 is 0.824 bits per heavy atom. The summed E-state index contributed by atoms with van der Waals surface area (Å²) in [6.07, 6.45) is 4.45. The van der Waals surface area contributed by atoms with Gasteiger partial charge in [0.25, 0.3) is 0 Å². The number of sulfonamides is 1. The molecule has 2 aliphatic rings. The van der Waals surface area contributed by atoms with Crippen LogP contribution in [0.25, 0.3) is 0 Å². The molecule has 34 heavy (non-hydrogen) atoms. The minimum Gasteiger partial charge on any atom is -0.372 e. The highest BCUT2D eigenvalue weighted by atomic mass is 32.2. The second-order valence-electron chi connectivity index (χ2n) is 9.37. The number of carbonyl (C=O) groups is 1. The minimum absolute atomic E-state index is 0.0689. The van der Waals surface area contributed by atoms with Crippen molar-refractivity contribution in [1.82, 2.24) is 9.21 Å². The normalized spacial score (nSPS) is 19.4. The largest absolute Gasteiger partial charge is 0.372 e. The Bertz CT molecular complexity index is 1060. The molecule has 1 atom stereocenters. The maximum Gasteiger partial charge on any atom is 0.243 e. The highest BCUT2D eigenvalue weighted by Crippen LogP contribution is 2.23. The van der Waals surface area contributed by atoms with Gasteiger partial charge < -0.3 is 10.2 Å². The maximum atomic E-state index is 13.1. The van der Waals surface area contributed by atoms with E-state index < -0.39 is 10.0 Å². The van der Waals surface area contributed by atoms with Gasteiger partial charge in [-0.1, -0.05) is 17.7 Å². The van der Waals surface area contributed by atoms with Gasteiger partial charge in [-0.3, -0.25) is 9.69 Å². The van der Waals surface area contributed by atoms with Crippen molar-refractivity contribution in [2.24, 2.45) is 0 Å². The zero-order valence-corrected chi connectivity index (χ0v) is 21.1. The second kappa shape index (κ2) is 10.9. The molecule has 0 radical (unpaired) electrons. The molecular formula is C26H36N4O3S. The molecule has 0 aliphatic carbocycles. The summed E-state index contributed by atoms with van der Waals surface area (Å²) in [5, 5.41) is 3.03. The van der Waals surface area contributed by atoms with Crippen LogP contribution >= 0.6 is 0 Å². The third kappa shape index (κ3) is 5.79. The van der Waals surface area contributed by atoms with Crippen LogP contribution < -0.4 is 10.2 Å². The Morgan fingerprint density at radius 3 is 2.18 bits per heavy atom. The van der Waals surface area contributed by atoms with Crippen LogP contribution in [0.1, 0.15) is 38.2 Å². The van der Waals surface area contributed by atoms with E-state index in [9.17, 15) is 13.2 Å². The van der Waals surface area contributed by atoms with Crippen LogP contribution in [0.4, 0.5) is 11.4 Å². The monoisotopic (exact) mass is 484 g/mol. The predicted octanol–water partition coefficient (Wildman–Crippen LogP) is 3.71. The number of hydrogen-bond donors (Lipinski definition) is 1. The Labute approximate surface area is 203 Å². The van der Waals surface area contributed by atoms with Crippen LogP contribution in [0.3, 0.4) is 0 Å². The first-order valence-corrected chi connectivity index (χ1v) is 13.8. The summed E-state index contributed by atoms with van der Waals surface area (Å²) in [4.78, 5) is 17.7. The molecule has 0 saturated carbocycles. The molecule has 7 nitrogen and oxygen atoms in total.